The second kappa shape index (κ2) is 7.23. The minimum Gasteiger partial charge on any atom is -0.383 e. The molecule has 20 heavy (non-hydrogen) atoms. The zero-order valence-corrected chi connectivity index (χ0v) is 11.9. The summed E-state index contributed by atoms with van der Waals surface area (Å²) in [5.41, 5.74) is 0.620. The lowest BCUT2D eigenvalue weighted by atomic mass is 10.1. The Bertz CT molecular complexity index is 536. The van der Waals surface area contributed by atoms with Crippen LogP contribution in [0, 0.1) is 0 Å². The minimum absolute atomic E-state index is 0.0314. The number of benzene rings is 1. The Labute approximate surface area is 118 Å². The van der Waals surface area contributed by atoms with E-state index in [0.717, 1.165) is 0 Å². The molecule has 106 valence electrons. The summed E-state index contributed by atoms with van der Waals surface area (Å²) in [6.45, 7) is -0.0314. The van der Waals surface area contributed by atoms with Crippen LogP contribution in [0.4, 0.5) is 0 Å². The predicted octanol–water partition coefficient (Wildman–Crippen LogP) is 1.22. The average Bonchev–Trinajstić information content (AvgIpc) is 2.44. The highest BCUT2D eigenvalue weighted by Crippen LogP contribution is 2.09. The van der Waals surface area contributed by atoms with Crippen LogP contribution in [-0.4, -0.2) is 55.5 Å². The Hall–Kier alpha value is -2.43. The molecule has 0 saturated carbocycles. The maximum atomic E-state index is 12.2. The number of hydrogen-bond donors (Lipinski definition) is 0. The van der Waals surface area contributed by atoms with E-state index in [4.69, 9.17) is 0 Å². The number of likely N-dealkylation sites (N-methyl/N-ethyl adjacent to an activating group) is 1. The Kier molecular flexibility index (Phi) is 5.65. The summed E-state index contributed by atoms with van der Waals surface area (Å²) in [6.07, 6.45) is 3.67. The fourth-order valence-electron chi connectivity index (χ4n) is 1.59. The molecule has 0 aliphatic heterocycles. The number of ketones is 1. The van der Waals surface area contributed by atoms with Gasteiger partial charge in [0.1, 0.15) is 0 Å². The van der Waals surface area contributed by atoms with Crippen molar-refractivity contribution in [2.75, 3.05) is 27.7 Å². The predicted molar refractivity (Wildman–Crippen MR) is 76.6 cm³/mol. The summed E-state index contributed by atoms with van der Waals surface area (Å²) in [5.74, 6) is -0.530. The van der Waals surface area contributed by atoms with Crippen LogP contribution >= 0.6 is 0 Å². The van der Waals surface area contributed by atoms with Crippen molar-refractivity contribution in [1.29, 1.82) is 0 Å². The molecule has 0 aliphatic carbocycles. The highest BCUT2D eigenvalue weighted by molar-refractivity contribution is 6.03. The van der Waals surface area contributed by atoms with Crippen LogP contribution in [0.5, 0.6) is 0 Å². The van der Waals surface area contributed by atoms with Gasteiger partial charge in [0, 0.05) is 32.9 Å². The third kappa shape index (κ3) is 4.35. The number of carbonyl (C=O) groups excluding carboxylic acids is 3. The summed E-state index contributed by atoms with van der Waals surface area (Å²) in [6, 6.07) is 6.51. The van der Waals surface area contributed by atoms with Crippen molar-refractivity contribution in [3.8, 4) is 0 Å². The number of carbonyl (C=O) groups is 3. The van der Waals surface area contributed by atoms with Gasteiger partial charge in [-0.05, 0) is 12.1 Å². The first-order valence-electron chi connectivity index (χ1n) is 6.13. The molecule has 0 N–H and O–H groups in total. The summed E-state index contributed by atoms with van der Waals surface area (Å²) in [5, 5.41) is 0. The second-order valence-corrected chi connectivity index (χ2v) is 4.61. The van der Waals surface area contributed by atoms with E-state index in [1.165, 1.54) is 18.0 Å². The van der Waals surface area contributed by atoms with Gasteiger partial charge in [-0.2, -0.15) is 0 Å². The van der Waals surface area contributed by atoms with Crippen molar-refractivity contribution in [1.82, 2.24) is 9.80 Å². The number of rotatable bonds is 6. The van der Waals surface area contributed by atoms with E-state index in [1.54, 1.807) is 49.5 Å². The highest BCUT2D eigenvalue weighted by Gasteiger charge is 2.16. The Morgan fingerprint density at radius 1 is 1.15 bits per heavy atom. The fourth-order valence-corrected chi connectivity index (χ4v) is 1.59. The minimum atomic E-state index is -0.348. The standard InChI is InChI=1S/C15H18N2O3/c1-16(2)9-8-13(19)10-17(3)15(20)14-7-5-4-6-12(14)11-18/h4-9,11H,10H2,1-3H3/b9-8+. The lowest BCUT2D eigenvalue weighted by Gasteiger charge is -2.16. The van der Waals surface area contributed by atoms with Gasteiger partial charge in [0.2, 0.25) is 0 Å². The molecule has 0 bridgehead atoms. The van der Waals surface area contributed by atoms with Gasteiger partial charge in [0.15, 0.2) is 12.1 Å². The van der Waals surface area contributed by atoms with E-state index < -0.39 is 0 Å². The van der Waals surface area contributed by atoms with Crippen molar-refractivity contribution < 1.29 is 14.4 Å². The maximum absolute atomic E-state index is 12.2. The second-order valence-electron chi connectivity index (χ2n) is 4.61. The SMILES string of the molecule is CN(C)/C=C/C(=O)CN(C)C(=O)c1ccccc1C=O. The molecule has 1 aromatic rings. The molecular formula is C15H18N2O3. The molecule has 5 nitrogen and oxygen atoms in total. The van der Waals surface area contributed by atoms with E-state index in [2.05, 4.69) is 0 Å². The third-order valence-electron chi connectivity index (χ3n) is 2.62. The molecule has 0 saturated heterocycles. The summed E-state index contributed by atoms with van der Waals surface area (Å²) < 4.78 is 0. The van der Waals surface area contributed by atoms with Gasteiger partial charge < -0.3 is 9.80 Å². The molecule has 1 amide bonds. The van der Waals surface area contributed by atoms with Crippen LogP contribution in [0.1, 0.15) is 20.7 Å². The molecule has 0 heterocycles. The molecule has 0 aliphatic rings. The summed E-state index contributed by atoms with van der Waals surface area (Å²) >= 11 is 0. The fraction of sp³-hybridized carbons (Fsp3) is 0.267. The summed E-state index contributed by atoms with van der Waals surface area (Å²) in [7, 11) is 5.14. The van der Waals surface area contributed by atoms with Crippen molar-refractivity contribution in [2.24, 2.45) is 0 Å². The monoisotopic (exact) mass is 274 g/mol. The first-order valence-corrected chi connectivity index (χ1v) is 6.13. The average molecular weight is 274 g/mol. The molecule has 5 heteroatoms. The van der Waals surface area contributed by atoms with Crippen LogP contribution in [0.3, 0.4) is 0 Å². The molecule has 0 fully saturated rings. The number of nitrogens with zero attached hydrogens (tertiary/aromatic N) is 2. The van der Waals surface area contributed by atoms with Gasteiger partial charge >= 0.3 is 0 Å². The van der Waals surface area contributed by atoms with E-state index in [-0.39, 0.29) is 18.2 Å². The Morgan fingerprint density at radius 2 is 1.80 bits per heavy atom. The van der Waals surface area contributed by atoms with Crippen LogP contribution < -0.4 is 0 Å². The van der Waals surface area contributed by atoms with Crippen LogP contribution in [0.15, 0.2) is 36.5 Å². The molecule has 1 aromatic carbocycles. The van der Waals surface area contributed by atoms with E-state index in [1.807, 2.05) is 0 Å². The van der Waals surface area contributed by atoms with E-state index >= 15 is 0 Å². The molecule has 0 unspecified atom stereocenters. The number of hydrogen-bond acceptors (Lipinski definition) is 4. The van der Waals surface area contributed by atoms with E-state index in [0.29, 0.717) is 17.4 Å². The Morgan fingerprint density at radius 3 is 2.40 bits per heavy atom. The maximum Gasteiger partial charge on any atom is 0.254 e. The van der Waals surface area contributed by atoms with Crippen molar-refractivity contribution in [3.63, 3.8) is 0 Å². The smallest absolute Gasteiger partial charge is 0.254 e. The molecule has 0 radical (unpaired) electrons. The van der Waals surface area contributed by atoms with Crippen LogP contribution in [0.25, 0.3) is 0 Å². The molecule has 0 spiro atoms. The zero-order valence-electron chi connectivity index (χ0n) is 11.9. The van der Waals surface area contributed by atoms with Crippen molar-refractivity contribution >= 4 is 18.0 Å². The van der Waals surface area contributed by atoms with Gasteiger partial charge in [-0.3, -0.25) is 14.4 Å². The summed E-state index contributed by atoms with van der Waals surface area (Å²) in [4.78, 5) is 37.8. The number of aldehydes is 1. The largest absolute Gasteiger partial charge is 0.383 e. The van der Waals surface area contributed by atoms with Gasteiger partial charge in [0.25, 0.3) is 5.91 Å². The van der Waals surface area contributed by atoms with Crippen molar-refractivity contribution in [3.05, 3.63) is 47.7 Å². The molecule has 0 atom stereocenters. The van der Waals surface area contributed by atoms with Gasteiger partial charge in [-0.1, -0.05) is 18.2 Å². The number of amides is 1. The first kappa shape index (κ1) is 15.6. The highest BCUT2D eigenvalue weighted by atomic mass is 16.2. The van der Waals surface area contributed by atoms with Gasteiger partial charge in [0.05, 0.1) is 12.1 Å². The molecule has 0 aromatic heterocycles. The van der Waals surface area contributed by atoms with Crippen molar-refractivity contribution in [2.45, 2.75) is 0 Å². The third-order valence-corrected chi connectivity index (χ3v) is 2.62. The van der Waals surface area contributed by atoms with E-state index in [9.17, 15) is 14.4 Å². The first-order chi connectivity index (χ1) is 9.45. The van der Waals surface area contributed by atoms with Crippen LogP contribution in [0.2, 0.25) is 0 Å². The lowest BCUT2D eigenvalue weighted by molar-refractivity contribution is -0.115. The normalized spacial score (nSPS) is 10.3. The molecule has 1 rings (SSSR count). The molecular weight excluding hydrogens is 256 g/mol. The Balaban J connectivity index is 2.77. The van der Waals surface area contributed by atoms with Crippen LogP contribution in [-0.2, 0) is 4.79 Å². The quantitative estimate of drug-likeness (QED) is 0.578. The zero-order chi connectivity index (χ0) is 15.1. The lowest BCUT2D eigenvalue weighted by Crippen LogP contribution is -2.32. The topological polar surface area (TPSA) is 57.7 Å². The van der Waals surface area contributed by atoms with Gasteiger partial charge in [-0.25, -0.2) is 0 Å². The van der Waals surface area contributed by atoms with Gasteiger partial charge in [-0.15, -0.1) is 0 Å².